The molecular formula is C18H22N2O3. The Bertz CT molecular complexity index is 639. The first-order chi connectivity index (χ1) is 11.2. The average Bonchev–Trinajstić information content (AvgIpc) is 3.20. The zero-order valence-electron chi connectivity index (χ0n) is 13.0. The smallest absolute Gasteiger partial charge is 0.251 e. The van der Waals surface area contributed by atoms with Crippen molar-refractivity contribution in [2.75, 3.05) is 13.2 Å². The third-order valence-electron chi connectivity index (χ3n) is 4.52. The summed E-state index contributed by atoms with van der Waals surface area (Å²) in [5.74, 6) is -0.320. The van der Waals surface area contributed by atoms with E-state index in [0.717, 1.165) is 19.3 Å². The molecule has 0 aromatic heterocycles. The van der Waals surface area contributed by atoms with Gasteiger partial charge in [0.15, 0.2) is 0 Å². The molecule has 1 aromatic carbocycles. The van der Waals surface area contributed by atoms with Gasteiger partial charge in [-0.25, -0.2) is 0 Å². The van der Waals surface area contributed by atoms with Gasteiger partial charge >= 0.3 is 0 Å². The summed E-state index contributed by atoms with van der Waals surface area (Å²) in [6.07, 6.45) is 7.77. The summed E-state index contributed by atoms with van der Waals surface area (Å²) in [4.78, 5) is 24.0. The van der Waals surface area contributed by atoms with Gasteiger partial charge in [0.1, 0.15) is 0 Å². The van der Waals surface area contributed by atoms with Gasteiger partial charge in [0.05, 0.1) is 6.54 Å². The predicted octanol–water partition coefficient (Wildman–Crippen LogP) is 0.958. The molecule has 1 aromatic rings. The number of aliphatic hydroxyl groups excluding tert-OH is 1. The van der Waals surface area contributed by atoms with Crippen LogP contribution in [0.5, 0.6) is 0 Å². The van der Waals surface area contributed by atoms with Crippen LogP contribution in [0.4, 0.5) is 0 Å². The monoisotopic (exact) mass is 314 g/mol. The van der Waals surface area contributed by atoms with E-state index >= 15 is 0 Å². The fourth-order valence-corrected chi connectivity index (χ4v) is 3.25. The van der Waals surface area contributed by atoms with Crippen LogP contribution in [-0.4, -0.2) is 36.1 Å². The Balaban J connectivity index is 1.47. The normalized spacial score (nSPS) is 22.0. The van der Waals surface area contributed by atoms with Crippen LogP contribution in [0.2, 0.25) is 0 Å². The van der Waals surface area contributed by atoms with Crippen LogP contribution in [0.1, 0.15) is 34.3 Å². The van der Waals surface area contributed by atoms with E-state index < -0.39 is 0 Å². The molecule has 3 N–H and O–H groups in total. The van der Waals surface area contributed by atoms with E-state index in [1.54, 1.807) is 0 Å². The molecule has 2 aliphatic carbocycles. The summed E-state index contributed by atoms with van der Waals surface area (Å²) in [5, 5.41) is 14.6. The highest BCUT2D eigenvalue weighted by Crippen LogP contribution is 2.22. The van der Waals surface area contributed by atoms with Crippen molar-refractivity contribution in [1.82, 2.24) is 10.6 Å². The summed E-state index contributed by atoms with van der Waals surface area (Å²) in [5.41, 5.74) is 3.18. The SMILES string of the molecule is O=C(CNC(=O)c1ccc2c(c1)CCC2)N[C@@H]1C=C[C@H](CO)C1. The van der Waals surface area contributed by atoms with Crippen molar-refractivity contribution >= 4 is 11.8 Å². The number of aliphatic hydroxyl groups is 1. The molecule has 0 unspecified atom stereocenters. The third-order valence-corrected chi connectivity index (χ3v) is 4.52. The van der Waals surface area contributed by atoms with Crippen molar-refractivity contribution in [2.24, 2.45) is 5.92 Å². The van der Waals surface area contributed by atoms with E-state index in [0.29, 0.717) is 12.0 Å². The number of nitrogens with one attached hydrogen (secondary N) is 2. The van der Waals surface area contributed by atoms with Crippen molar-refractivity contribution in [3.63, 3.8) is 0 Å². The molecule has 5 heteroatoms. The van der Waals surface area contributed by atoms with Gasteiger partial charge in [0.25, 0.3) is 5.91 Å². The molecule has 2 atom stereocenters. The van der Waals surface area contributed by atoms with Gasteiger partial charge < -0.3 is 15.7 Å². The zero-order chi connectivity index (χ0) is 16.2. The lowest BCUT2D eigenvalue weighted by atomic mass is 10.1. The van der Waals surface area contributed by atoms with E-state index in [2.05, 4.69) is 10.6 Å². The number of carbonyl (C=O) groups is 2. The number of carbonyl (C=O) groups excluding carboxylic acids is 2. The Labute approximate surface area is 135 Å². The summed E-state index contributed by atoms with van der Waals surface area (Å²) >= 11 is 0. The van der Waals surface area contributed by atoms with Crippen molar-refractivity contribution < 1.29 is 14.7 Å². The molecule has 0 spiro atoms. The van der Waals surface area contributed by atoms with E-state index in [1.165, 1.54) is 11.1 Å². The van der Waals surface area contributed by atoms with Crippen LogP contribution in [0.15, 0.2) is 30.4 Å². The average molecular weight is 314 g/mol. The number of aryl methyl sites for hydroxylation is 2. The number of amides is 2. The largest absolute Gasteiger partial charge is 0.396 e. The van der Waals surface area contributed by atoms with E-state index in [1.807, 2.05) is 30.4 Å². The summed E-state index contributed by atoms with van der Waals surface area (Å²) in [6.45, 7) is 0.0575. The second kappa shape index (κ2) is 6.96. The van der Waals surface area contributed by atoms with Crippen LogP contribution in [0.3, 0.4) is 0 Å². The summed E-state index contributed by atoms with van der Waals surface area (Å²) in [7, 11) is 0. The molecule has 2 amide bonds. The minimum atomic E-state index is -0.218. The van der Waals surface area contributed by atoms with Crippen molar-refractivity contribution in [1.29, 1.82) is 0 Å². The Hall–Kier alpha value is -2.14. The topological polar surface area (TPSA) is 78.4 Å². The van der Waals surface area contributed by atoms with Gasteiger partial charge in [-0.15, -0.1) is 0 Å². The highest BCUT2D eigenvalue weighted by molar-refractivity contribution is 5.96. The summed E-state index contributed by atoms with van der Waals surface area (Å²) < 4.78 is 0. The third kappa shape index (κ3) is 3.79. The molecule has 0 bridgehead atoms. The molecule has 0 heterocycles. The van der Waals surface area contributed by atoms with Crippen LogP contribution >= 0.6 is 0 Å². The maximum Gasteiger partial charge on any atom is 0.251 e. The maximum atomic E-state index is 12.1. The molecule has 5 nitrogen and oxygen atoms in total. The van der Waals surface area contributed by atoms with Crippen molar-refractivity contribution in [3.8, 4) is 0 Å². The van der Waals surface area contributed by atoms with Crippen LogP contribution in [0.25, 0.3) is 0 Å². The predicted molar refractivity (Wildman–Crippen MR) is 87.1 cm³/mol. The summed E-state index contributed by atoms with van der Waals surface area (Å²) in [6, 6.07) is 5.70. The number of hydrogen-bond donors (Lipinski definition) is 3. The molecule has 0 saturated carbocycles. The van der Waals surface area contributed by atoms with Crippen LogP contribution in [-0.2, 0) is 17.6 Å². The van der Waals surface area contributed by atoms with Crippen molar-refractivity contribution in [2.45, 2.75) is 31.7 Å². The Kier molecular flexibility index (Phi) is 4.76. The molecule has 0 radical (unpaired) electrons. The number of hydrogen-bond acceptors (Lipinski definition) is 3. The Morgan fingerprint density at radius 3 is 2.78 bits per heavy atom. The molecule has 122 valence electrons. The fourth-order valence-electron chi connectivity index (χ4n) is 3.25. The maximum absolute atomic E-state index is 12.1. The highest BCUT2D eigenvalue weighted by Gasteiger charge is 2.20. The lowest BCUT2D eigenvalue weighted by molar-refractivity contribution is -0.120. The fraction of sp³-hybridized carbons (Fsp3) is 0.444. The first-order valence-corrected chi connectivity index (χ1v) is 8.14. The first-order valence-electron chi connectivity index (χ1n) is 8.14. The standard InChI is InChI=1S/C18H22N2O3/c21-11-12-4-7-16(8-12)20-17(22)10-19-18(23)15-6-5-13-2-1-3-14(13)9-15/h4-7,9,12,16,21H,1-3,8,10-11H2,(H,19,23)(H,20,22)/t12-,16+/m0/s1. The second-order valence-corrected chi connectivity index (χ2v) is 6.26. The highest BCUT2D eigenvalue weighted by atomic mass is 16.3. The molecular weight excluding hydrogens is 292 g/mol. The molecule has 2 aliphatic rings. The van der Waals surface area contributed by atoms with Gasteiger partial charge in [-0.3, -0.25) is 9.59 Å². The van der Waals surface area contributed by atoms with Crippen molar-refractivity contribution in [3.05, 3.63) is 47.0 Å². The lowest BCUT2D eigenvalue weighted by Gasteiger charge is -2.13. The minimum Gasteiger partial charge on any atom is -0.396 e. The van der Waals surface area contributed by atoms with Gasteiger partial charge in [-0.2, -0.15) is 0 Å². The quantitative estimate of drug-likeness (QED) is 0.708. The Morgan fingerprint density at radius 1 is 1.17 bits per heavy atom. The van der Waals surface area contributed by atoms with Gasteiger partial charge in [-0.05, 0) is 48.9 Å². The number of rotatable bonds is 5. The van der Waals surface area contributed by atoms with Gasteiger partial charge in [0.2, 0.25) is 5.91 Å². The second-order valence-electron chi connectivity index (χ2n) is 6.26. The molecule has 0 aliphatic heterocycles. The number of fused-ring (bicyclic) bond motifs is 1. The van der Waals surface area contributed by atoms with E-state index in [9.17, 15) is 9.59 Å². The minimum absolute atomic E-state index is 0.0376. The first kappa shape index (κ1) is 15.7. The number of benzene rings is 1. The zero-order valence-corrected chi connectivity index (χ0v) is 13.0. The van der Waals surface area contributed by atoms with Gasteiger partial charge in [0, 0.05) is 24.1 Å². The van der Waals surface area contributed by atoms with Crippen LogP contribution < -0.4 is 10.6 Å². The molecule has 0 fully saturated rings. The lowest BCUT2D eigenvalue weighted by Crippen LogP contribution is -2.41. The van der Waals surface area contributed by atoms with Crippen LogP contribution in [0, 0.1) is 5.92 Å². The van der Waals surface area contributed by atoms with E-state index in [-0.39, 0.29) is 36.9 Å². The Morgan fingerprint density at radius 2 is 2.00 bits per heavy atom. The molecule has 23 heavy (non-hydrogen) atoms. The molecule has 0 saturated heterocycles. The van der Waals surface area contributed by atoms with E-state index in [4.69, 9.17) is 5.11 Å². The molecule has 3 rings (SSSR count). The van der Waals surface area contributed by atoms with Gasteiger partial charge in [-0.1, -0.05) is 18.2 Å².